The van der Waals surface area contributed by atoms with Crippen LogP contribution in [-0.4, -0.2) is 58.9 Å². The van der Waals surface area contributed by atoms with E-state index < -0.39 is 23.7 Å². The Bertz CT molecular complexity index is 1260. The smallest absolute Gasteiger partial charge is 0.383 e. The first-order valence-electron chi connectivity index (χ1n) is 11.4. The quantitative estimate of drug-likeness (QED) is 0.445. The minimum absolute atomic E-state index is 0.0961. The summed E-state index contributed by atoms with van der Waals surface area (Å²) in [6.45, 7) is -0.0322. The number of hydrazone groups is 1. The highest BCUT2D eigenvalue weighted by Gasteiger charge is 2.36. The zero-order valence-electron chi connectivity index (χ0n) is 20.2. The van der Waals surface area contributed by atoms with Crippen molar-refractivity contribution in [2.45, 2.75) is 18.6 Å². The number of nitrogens with one attached hydrogen (secondary N) is 1. The van der Waals surface area contributed by atoms with Gasteiger partial charge in [-0.15, -0.1) is 11.3 Å². The molecule has 1 aromatic carbocycles. The van der Waals surface area contributed by atoms with Crippen molar-refractivity contribution in [1.29, 1.82) is 0 Å². The van der Waals surface area contributed by atoms with Gasteiger partial charge in [0.05, 0.1) is 22.8 Å². The number of alkyl halides is 3. The van der Waals surface area contributed by atoms with Gasteiger partial charge in [0.25, 0.3) is 5.91 Å². The summed E-state index contributed by atoms with van der Waals surface area (Å²) in [5.41, 5.74) is 1.04. The third-order valence-electron chi connectivity index (χ3n) is 5.94. The van der Waals surface area contributed by atoms with Crippen LogP contribution in [-0.2, 0) is 22.8 Å². The Morgan fingerprint density at radius 2 is 1.95 bits per heavy atom. The van der Waals surface area contributed by atoms with E-state index in [1.807, 2.05) is 47.5 Å². The van der Waals surface area contributed by atoms with Gasteiger partial charge < -0.3 is 19.5 Å². The van der Waals surface area contributed by atoms with Crippen LogP contribution in [0, 0.1) is 0 Å². The molecule has 8 nitrogen and oxygen atoms in total. The summed E-state index contributed by atoms with van der Waals surface area (Å²) in [5.74, 6) is -0.392. The Balaban J connectivity index is 1.52. The van der Waals surface area contributed by atoms with E-state index in [0.717, 1.165) is 28.4 Å². The van der Waals surface area contributed by atoms with Gasteiger partial charge in [-0.05, 0) is 47.8 Å². The van der Waals surface area contributed by atoms with Gasteiger partial charge in [-0.25, -0.2) is 9.80 Å². The number of ether oxygens (including phenoxy) is 1. The molecule has 0 saturated heterocycles. The molecule has 0 saturated carbocycles. The third kappa shape index (κ3) is 6.20. The molecule has 3 aromatic rings. The fourth-order valence-corrected chi connectivity index (χ4v) is 4.74. The van der Waals surface area contributed by atoms with Crippen LogP contribution in [0.25, 0.3) is 0 Å². The summed E-state index contributed by atoms with van der Waals surface area (Å²) >= 11 is 1.53. The first kappa shape index (κ1) is 26.4. The number of anilines is 1. The van der Waals surface area contributed by atoms with Gasteiger partial charge in [-0.1, -0.05) is 6.07 Å². The number of hydrogen-bond donors (Lipinski definition) is 1. The molecule has 0 spiro atoms. The van der Waals surface area contributed by atoms with Crippen LogP contribution in [0.4, 0.5) is 23.7 Å². The lowest BCUT2D eigenvalue weighted by molar-refractivity contribution is -0.137. The van der Waals surface area contributed by atoms with Crippen molar-refractivity contribution in [3.05, 3.63) is 76.2 Å². The summed E-state index contributed by atoms with van der Waals surface area (Å²) in [7, 11) is 3.36. The molecule has 0 bridgehead atoms. The van der Waals surface area contributed by atoms with Gasteiger partial charge in [0.2, 0.25) is 0 Å². The average Bonchev–Trinajstić information content (AvgIpc) is 3.61. The van der Waals surface area contributed by atoms with E-state index in [0.29, 0.717) is 6.42 Å². The van der Waals surface area contributed by atoms with Gasteiger partial charge in [0.15, 0.2) is 0 Å². The number of aromatic nitrogens is 1. The molecule has 1 aliphatic rings. The van der Waals surface area contributed by atoms with E-state index in [1.165, 1.54) is 40.5 Å². The normalized spacial score (nSPS) is 15.5. The molecule has 4 rings (SSSR count). The largest absolute Gasteiger partial charge is 0.416 e. The molecule has 1 aliphatic heterocycles. The summed E-state index contributed by atoms with van der Waals surface area (Å²) in [6, 6.07) is 10.8. The predicted octanol–water partition coefficient (Wildman–Crippen LogP) is 4.96. The van der Waals surface area contributed by atoms with Crippen molar-refractivity contribution in [1.82, 2.24) is 14.5 Å². The van der Waals surface area contributed by atoms with Crippen LogP contribution < -0.4 is 5.32 Å². The maximum Gasteiger partial charge on any atom is 0.416 e. The minimum Gasteiger partial charge on any atom is -0.383 e. The SMILES string of the molecule is COCCN(CC(=O)N1N=C(c2cccs2)CC1c1cccn1C)C(=O)Nc1ccc(C(F)(F)F)cc1. The number of rotatable bonds is 8. The van der Waals surface area contributed by atoms with Crippen molar-refractivity contribution in [3.8, 4) is 0 Å². The zero-order valence-corrected chi connectivity index (χ0v) is 21.1. The van der Waals surface area contributed by atoms with Crippen LogP contribution >= 0.6 is 11.3 Å². The number of urea groups is 1. The number of carbonyl (C=O) groups is 2. The van der Waals surface area contributed by atoms with Crippen molar-refractivity contribution in [2.24, 2.45) is 12.1 Å². The van der Waals surface area contributed by atoms with E-state index in [2.05, 4.69) is 10.4 Å². The second kappa shape index (κ2) is 11.2. The van der Waals surface area contributed by atoms with Crippen molar-refractivity contribution < 1.29 is 27.5 Å². The summed E-state index contributed by atoms with van der Waals surface area (Å²) in [4.78, 5) is 28.7. The molecule has 1 atom stereocenters. The van der Waals surface area contributed by atoms with E-state index in [-0.39, 0.29) is 31.4 Å². The number of amides is 3. The fourth-order valence-electron chi connectivity index (χ4n) is 4.02. The number of halogens is 3. The molecule has 0 aliphatic carbocycles. The number of nitrogens with zero attached hydrogens (tertiary/aromatic N) is 4. The van der Waals surface area contributed by atoms with Gasteiger partial charge in [0, 0.05) is 44.7 Å². The van der Waals surface area contributed by atoms with Crippen LogP contribution in [0.1, 0.15) is 28.6 Å². The lowest BCUT2D eigenvalue weighted by atomic mass is 10.1. The first-order valence-corrected chi connectivity index (χ1v) is 12.3. The molecular weight excluding hydrogens is 507 g/mol. The Morgan fingerprint density at radius 3 is 2.54 bits per heavy atom. The molecule has 0 fully saturated rings. The predicted molar refractivity (Wildman–Crippen MR) is 134 cm³/mol. The van der Waals surface area contributed by atoms with Crippen molar-refractivity contribution in [3.63, 3.8) is 0 Å². The summed E-state index contributed by atoms with van der Waals surface area (Å²) < 4.78 is 45.6. The van der Waals surface area contributed by atoms with Crippen LogP contribution in [0.15, 0.2) is 65.2 Å². The number of carbonyl (C=O) groups excluding carboxylic acids is 2. The maximum atomic E-state index is 13.5. The van der Waals surface area contributed by atoms with E-state index in [1.54, 1.807) is 0 Å². The van der Waals surface area contributed by atoms with E-state index >= 15 is 0 Å². The summed E-state index contributed by atoms with van der Waals surface area (Å²) in [5, 5.41) is 10.5. The standard InChI is InChI=1S/C25H26F3N5O3S/c1-31-11-3-5-20(31)21-15-19(22-6-4-14-37-22)30-33(21)23(34)16-32(12-13-36-2)24(35)29-18-9-7-17(8-10-18)25(26,27)28/h3-11,14,21H,12-13,15-16H2,1-2H3,(H,29,35). The number of hydrogen-bond acceptors (Lipinski definition) is 5. The second-order valence-corrected chi connectivity index (χ2v) is 9.39. The van der Waals surface area contributed by atoms with Gasteiger partial charge in [-0.2, -0.15) is 18.3 Å². The molecule has 3 amide bonds. The Kier molecular flexibility index (Phi) is 7.98. The molecule has 1 unspecified atom stereocenters. The van der Waals surface area contributed by atoms with Gasteiger partial charge in [-0.3, -0.25) is 4.79 Å². The Morgan fingerprint density at radius 1 is 1.19 bits per heavy atom. The summed E-state index contributed by atoms with van der Waals surface area (Å²) in [6.07, 6.45) is -2.06. The number of methoxy groups -OCH3 is 1. The van der Waals surface area contributed by atoms with Crippen molar-refractivity contribution >= 4 is 34.7 Å². The third-order valence-corrected chi connectivity index (χ3v) is 6.86. The molecule has 0 radical (unpaired) electrons. The average molecular weight is 534 g/mol. The van der Waals surface area contributed by atoms with Gasteiger partial charge >= 0.3 is 12.2 Å². The fraction of sp³-hybridized carbons (Fsp3) is 0.320. The van der Waals surface area contributed by atoms with E-state index in [9.17, 15) is 22.8 Å². The Labute approximate surface area is 215 Å². The van der Waals surface area contributed by atoms with Gasteiger partial charge in [0.1, 0.15) is 12.6 Å². The molecule has 3 heterocycles. The first-order chi connectivity index (χ1) is 17.7. The maximum absolute atomic E-state index is 13.5. The van der Waals surface area contributed by atoms with Crippen molar-refractivity contribution in [2.75, 3.05) is 32.1 Å². The lowest BCUT2D eigenvalue weighted by Gasteiger charge is -2.27. The zero-order chi connectivity index (χ0) is 26.6. The van der Waals surface area contributed by atoms with E-state index in [4.69, 9.17) is 4.74 Å². The van der Waals surface area contributed by atoms with Crippen LogP contribution in [0.3, 0.4) is 0 Å². The Hall–Kier alpha value is -3.64. The monoisotopic (exact) mass is 533 g/mol. The molecular formula is C25H26F3N5O3S. The second-order valence-electron chi connectivity index (χ2n) is 8.45. The number of thiophene rings is 1. The molecule has 1 N–H and O–H groups in total. The highest BCUT2D eigenvalue weighted by molar-refractivity contribution is 7.12. The van der Waals surface area contributed by atoms with Crippen LogP contribution in [0.5, 0.6) is 0 Å². The minimum atomic E-state index is -4.48. The topological polar surface area (TPSA) is 79.2 Å². The lowest BCUT2D eigenvalue weighted by Crippen LogP contribution is -2.44. The van der Waals surface area contributed by atoms with Crippen LogP contribution in [0.2, 0.25) is 0 Å². The molecule has 37 heavy (non-hydrogen) atoms. The number of benzene rings is 1. The molecule has 196 valence electrons. The molecule has 2 aromatic heterocycles. The number of aryl methyl sites for hydroxylation is 1. The highest BCUT2D eigenvalue weighted by atomic mass is 32.1. The molecule has 12 heteroatoms. The highest BCUT2D eigenvalue weighted by Crippen LogP contribution is 2.34.